The highest BCUT2D eigenvalue weighted by molar-refractivity contribution is 5.99. The average Bonchev–Trinajstić information content (AvgIpc) is 1.61. The number of rotatable bonds is 27. The molecule has 4 aliphatic carbocycles. The van der Waals surface area contributed by atoms with Gasteiger partial charge in [0.2, 0.25) is 0 Å². The summed E-state index contributed by atoms with van der Waals surface area (Å²) >= 11 is 0. The maximum Gasteiger partial charge on any atom is 0.257 e. The Balaban J connectivity index is 0.000000123. The molecule has 22 rings (SSSR count). The van der Waals surface area contributed by atoms with E-state index in [1.165, 1.54) is 138 Å². The van der Waals surface area contributed by atoms with Crippen molar-refractivity contribution in [3.05, 3.63) is 357 Å². The van der Waals surface area contributed by atoms with Crippen LogP contribution in [0.25, 0.3) is 44.5 Å². The molecule has 0 spiro atoms. The van der Waals surface area contributed by atoms with Crippen LogP contribution in [0.4, 0.5) is 17.6 Å². The molecule has 146 heavy (non-hydrogen) atoms. The van der Waals surface area contributed by atoms with Crippen molar-refractivity contribution in [2.45, 2.75) is 44.4 Å². The van der Waals surface area contributed by atoms with E-state index in [4.69, 9.17) is 23.7 Å². The van der Waals surface area contributed by atoms with Crippen LogP contribution in [0, 0.1) is 23.3 Å². The number of likely N-dealkylation sites (N-methyl/N-ethyl adjacent to an activating group) is 3. The number of piperazine rings is 5. The van der Waals surface area contributed by atoms with Gasteiger partial charge in [0, 0.05) is 188 Å². The Kier molecular flexibility index (Phi) is 33.2. The molecule has 26 heteroatoms. The van der Waals surface area contributed by atoms with Crippen LogP contribution in [0.5, 0.6) is 23.0 Å². The summed E-state index contributed by atoms with van der Waals surface area (Å²) in [6.07, 6.45) is 0.873. The lowest BCUT2D eigenvalue weighted by Gasteiger charge is -2.39. The smallest absolute Gasteiger partial charge is 0.257 e. The maximum absolute atomic E-state index is 14.2. The molecule has 22 nitrogen and oxygen atoms in total. The summed E-state index contributed by atoms with van der Waals surface area (Å²) < 4.78 is 85.2. The zero-order valence-corrected chi connectivity index (χ0v) is 84.5. The minimum atomic E-state index is -0.416. The lowest BCUT2D eigenvalue weighted by molar-refractivity contribution is 0.0321. The van der Waals surface area contributed by atoms with E-state index in [9.17, 15) is 36.7 Å². The van der Waals surface area contributed by atoms with Gasteiger partial charge in [-0.3, -0.25) is 43.7 Å². The van der Waals surface area contributed by atoms with Gasteiger partial charge in [0.05, 0.1) is 66.2 Å². The van der Waals surface area contributed by atoms with E-state index < -0.39 is 23.3 Å². The fourth-order valence-electron chi connectivity index (χ4n) is 22.5. The highest BCUT2D eigenvalue weighted by Crippen LogP contribution is 2.51. The van der Waals surface area contributed by atoms with Gasteiger partial charge in [-0.25, -0.2) is 17.6 Å². The predicted octanol–water partition coefficient (Wildman–Crippen LogP) is 17.8. The van der Waals surface area contributed by atoms with Gasteiger partial charge < -0.3 is 62.9 Å². The van der Waals surface area contributed by atoms with E-state index in [1.807, 2.05) is 38.6 Å². The van der Waals surface area contributed by atoms with Gasteiger partial charge in [-0.05, 0) is 184 Å². The lowest BCUT2D eigenvalue weighted by atomic mass is 10.0. The van der Waals surface area contributed by atoms with E-state index in [-0.39, 0.29) is 47.8 Å². The second kappa shape index (κ2) is 47.7. The second-order valence-electron chi connectivity index (χ2n) is 39.4. The highest BCUT2D eigenvalue weighted by atomic mass is 19.1. The van der Waals surface area contributed by atoms with E-state index in [0.717, 1.165) is 131 Å². The number of amides is 4. The SMILES string of the molecule is CCN(CC)CCOc1cc(F)ccc1C(=O)N1CCN(C2c3ccccc3-c3ccccc32)CC1.CN(C)CCOc1cc(F)ccc1C(=O)N1CCN(C2c3ccccc3-c3ccccc32)CC1.CN1CCN(CCCOc2ccc(F)cc2C(=O)N2CCN(C3c4ccccc4-c4ccccc43)CC2)CC1.O=C(c1ccc(F)cc1OCCN1CCOCC1)N1CCN(C2c3ccccc3-c3ccccc32)CC1. The van der Waals surface area contributed by atoms with Crippen LogP contribution < -0.4 is 18.9 Å². The van der Waals surface area contributed by atoms with Crippen LogP contribution in [-0.2, 0) is 4.74 Å². The van der Waals surface area contributed by atoms with Crippen molar-refractivity contribution in [1.29, 1.82) is 0 Å². The number of benzene rings is 12. The molecule has 12 aromatic rings. The topological polar surface area (TPSA) is 157 Å². The van der Waals surface area contributed by atoms with Gasteiger partial charge in [-0.1, -0.05) is 208 Å². The van der Waals surface area contributed by atoms with Gasteiger partial charge in [0.15, 0.2) is 0 Å². The van der Waals surface area contributed by atoms with Crippen LogP contribution >= 0.6 is 0 Å². The molecule has 0 radical (unpaired) electrons. The fraction of sp³-hybridized carbons (Fsp3) is 0.367. The van der Waals surface area contributed by atoms with Crippen molar-refractivity contribution in [3.63, 3.8) is 0 Å². The summed E-state index contributed by atoms with van der Waals surface area (Å²) in [6.45, 7) is 29.4. The molecule has 6 aliphatic heterocycles. The average molecular weight is 1980 g/mol. The Morgan fingerprint density at radius 3 is 0.884 bits per heavy atom. The number of carbonyl (C=O) groups is 4. The first kappa shape index (κ1) is 102. The number of carbonyl (C=O) groups excluding carboxylic acids is 4. The Hall–Kier alpha value is -13.0. The Morgan fingerprint density at radius 1 is 0.295 bits per heavy atom. The monoisotopic (exact) mass is 1980 g/mol. The van der Waals surface area contributed by atoms with Crippen LogP contribution in [-0.4, -0.2) is 331 Å². The molecule has 12 aromatic carbocycles. The molecule has 760 valence electrons. The first-order valence-electron chi connectivity index (χ1n) is 52.0. The summed E-state index contributed by atoms with van der Waals surface area (Å²) in [6, 6.07) is 86.7. The van der Waals surface area contributed by atoms with Crippen LogP contribution in [0.3, 0.4) is 0 Å². The van der Waals surface area contributed by atoms with Crippen LogP contribution in [0.15, 0.2) is 267 Å². The minimum absolute atomic E-state index is 0.0975. The Labute approximate surface area is 855 Å². The molecule has 0 aromatic heterocycles. The highest BCUT2D eigenvalue weighted by Gasteiger charge is 2.42. The van der Waals surface area contributed by atoms with E-state index in [1.54, 1.807) is 24.3 Å². The van der Waals surface area contributed by atoms with Gasteiger partial charge in [0.1, 0.15) is 66.1 Å². The zero-order chi connectivity index (χ0) is 101. The Morgan fingerprint density at radius 2 is 0.568 bits per heavy atom. The van der Waals surface area contributed by atoms with Crippen molar-refractivity contribution >= 4 is 23.6 Å². The number of nitrogens with zero attached hydrogens (tertiary/aromatic N) is 13. The minimum Gasteiger partial charge on any atom is -0.493 e. The van der Waals surface area contributed by atoms with Crippen molar-refractivity contribution in [2.75, 3.05) is 244 Å². The van der Waals surface area contributed by atoms with E-state index in [2.05, 4.69) is 254 Å². The van der Waals surface area contributed by atoms with E-state index >= 15 is 0 Å². The number of hydrogen-bond acceptors (Lipinski definition) is 18. The fourth-order valence-corrected chi connectivity index (χ4v) is 22.5. The number of ether oxygens (including phenoxy) is 5. The summed E-state index contributed by atoms with van der Waals surface area (Å²) in [4.78, 5) is 82.4. The van der Waals surface area contributed by atoms with Gasteiger partial charge >= 0.3 is 0 Å². The van der Waals surface area contributed by atoms with Crippen LogP contribution in [0.2, 0.25) is 0 Å². The molecule has 0 saturated carbocycles. The third kappa shape index (κ3) is 23.1. The first-order valence-corrected chi connectivity index (χ1v) is 52.0. The third-order valence-electron chi connectivity index (χ3n) is 30.4. The third-order valence-corrected chi connectivity index (χ3v) is 30.4. The molecule has 0 N–H and O–H groups in total. The number of fused-ring (bicyclic) bond motifs is 12. The zero-order valence-electron chi connectivity index (χ0n) is 84.5. The van der Waals surface area contributed by atoms with Crippen molar-refractivity contribution in [3.8, 4) is 67.5 Å². The summed E-state index contributed by atoms with van der Waals surface area (Å²) in [5.74, 6) is -0.647. The van der Waals surface area contributed by atoms with Crippen LogP contribution in [0.1, 0.15) is 130 Å². The molecule has 0 atom stereocenters. The molecule has 0 unspecified atom stereocenters. The quantitative estimate of drug-likeness (QED) is 0.0353. The molecule has 0 bridgehead atoms. The first-order chi connectivity index (χ1) is 71.4. The van der Waals surface area contributed by atoms with Gasteiger partial charge in [-0.2, -0.15) is 0 Å². The Bertz CT molecular complexity index is 6360. The normalized spacial score (nSPS) is 17.3. The summed E-state index contributed by atoms with van der Waals surface area (Å²) in [5, 5.41) is 0. The maximum atomic E-state index is 14.2. The summed E-state index contributed by atoms with van der Waals surface area (Å²) in [7, 11) is 6.05. The van der Waals surface area contributed by atoms with Crippen molar-refractivity contribution < 1.29 is 60.4 Å². The molecule has 4 amide bonds. The van der Waals surface area contributed by atoms with E-state index in [0.29, 0.717) is 144 Å². The van der Waals surface area contributed by atoms with Gasteiger partial charge in [-0.15, -0.1) is 0 Å². The predicted molar refractivity (Wildman–Crippen MR) is 565 cm³/mol. The van der Waals surface area contributed by atoms with Gasteiger partial charge in [0.25, 0.3) is 23.6 Å². The number of morpholine rings is 1. The van der Waals surface area contributed by atoms with Crippen molar-refractivity contribution in [1.82, 2.24) is 63.7 Å². The molecule has 6 saturated heterocycles. The molecule has 10 aliphatic rings. The summed E-state index contributed by atoms with van der Waals surface area (Å²) in [5.41, 5.74) is 22.6. The molecule has 6 heterocycles. The largest absolute Gasteiger partial charge is 0.493 e. The number of hydrogen-bond donors (Lipinski definition) is 0. The van der Waals surface area contributed by atoms with Crippen molar-refractivity contribution in [2.24, 2.45) is 0 Å². The molecular weight excluding hydrogens is 1840 g/mol. The lowest BCUT2D eigenvalue weighted by Crippen LogP contribution is -2.49. The molecular formula is C120H133F4N13O9. The molecule has 6 fully saturated rings. The second-order valence-corrected chi connectivity index (χ2v) is 39.4. The standard InChI is InChI=1S/C32H37FN4O2.C30H32FN3O3.C30H34FN3O2.C28H30FN3O2/c1-34-14-16-35(17-15-34)13-6-22-39-30-12-11-24(33)23-29(30)32(38)37-20-18-36(19-21-37)31-27-9-4-2-7-25(27)26-8-3-5-10-28(26)31;31-22-9-10-27(28(21-22)37-20-17-32-15-18-36-19-16-32)30(35)34-13-11-33(12-14-34)29-25-7-3-1-5-23(25)24-6-2-4-8-26(24)29;1-3-32(4-2)19-20-36-28-21-22(31)13-14-27(28)30(35)34-17-15-33(16-18-34)29-25-11-7-5-9-23(25)24-10-6-8-12-26(24)29;1-30(2)17-18-34-26-19-20(29)11-12-25(26)28(33)32-15-13-31(14-16-32)27-23-9-5-3-7-21(23)22-8-4-6-10-24(22)27/h2-5,7-12,23,31H,6,13-22H2,1H3;1-10,21,29H,11-20H2;5-14,21,29H,3-4,15-20H2,1-2H3;3-12,19,27H,13-18H2,1-2H3. The number of halogens is 4.